The van der Waals surface area contributed by atoms with Gasteiger partial charge in [0.05, 0.1) is 12.1 Å². The fraction of sp³-hybridized carbons (Fsp3) is 0.615. The lowest BCUT2D eigenvalue weighted by Gasteiger charge is -2.21. The van der Waals surface area contributed by atoms with E-state index >= 15 is 0 Å². The molecule has 1 heterocycles. The topological polar surface area (TPSA) is 90.3 Å². The van der Waals surface area contributed by atoms with Crippen molar-refractivity contribution >= 4 is 5.91 Å². The molecular formula is C13H22N4O3. The maximum absolute atomic E-state index is 12.1. The SMILES string of the molecule is CC(CCN)C(=O)N(C)Cc1cn(C)c(=O)n(C)c1=O. The predicted octanol–water partition coefficient (Wildman–Crippen LogP) is -0.973. The summed E-state index contributed by atoms with van der Waals surface area (Å²) in [4.78, 5) is 37.1. The summed E-state index contributed by atoms with van der Waals surface area (Å²) in [5.74, 6) is -0.243. The van der Waals surface area contributed by atoms with Gasteiger partial charge in [0.2, 0.25) is 5.91 Å². The summed E-state index contributed by atoms with van der Waals surface area (Å²) in [6.07, 6.45) is 2.08. The summed E-state index contributed by atoms with van der Waals surface area (Å²) in [6.45, 7) is 2.43. The Morgan fingerprint density at radius 2 is 2.00 bits per heavy atom. The van der Waals surface area contributed by atoms with Crippen LogP contribution >= 0.6 is 0 Å². The molecule has 0 bridgehead atoms. The van der Waals surface area contributed by atoms with E-state index in [9.17, 15) is 14.4 Å². The van der Waals surface area contributed by atoms with Crippen molar-refractivity contribution in [2.45, 2.75) is 19.9 Å². The lowest BCUT2D eigenvalue weighted by Crippen LogP contribution is -2.41. The highest BCUT2D eigenvalue weighted by atomic mass is 16.2. The number of rotatable bonds is 5. The number of carbonyl (C=O) groups excluding carboxylic acids is 1. The molecule has 1 rings (SSSR count). The first kappa shape index (κ1) is 16.2. The zero-order valence-electron chi connectivity index (χ0n) is 12.4. The Kier molecular flexibility index (Phi) is 5.26. The monoisotopic (exact) mass is 282 g/mol. The highest BCUT2D eigenvalue weighted by Crippen LogP contribution is 2.07. The summed E-state index contributed by atoms with van der Waals surface area (Å²) in [5, 5.41) is 0. The quantitative estimate of drug-likeness (QED) is 0.752. The van der Waals surface area contributed by atoms with Crippen LogP contribution in [0.4, 0.5) is 0 Å². The maximum atomic E-state index is 12.1. The Bertz CT molecular complexity index is 603. The van der Waals surface area contributed by atoms with Crippen molar-refractivity contribution in [3.8, 4) is 0 Å². The Morgan fingerprint density at radius 1 is 1.40 bits per heavy atom. The third kappa shape index (κ3) is 3.36. The predicted molar refractivity (Wildman–Crippen MR) is 76.2 cm³/mol. The second-order valence-electron chi connectivity index (χ2n) is 5.08. The van der Waals surface area contributed by atoms with Crippen molar-refractivity contribution in [1.82, 2.24) is 14.0 Å². The normalized spacial score (nSPS) is 12.2. The smallest absolute Gasteiger partial charge is 0.330 e. The second-order valence-corrected chi connectivity index (χ2v) is 5.08. The van der Waals surface area contributed by atoms with E-state index in [1.54, 1.807) is 14.1 Å². The third-order valence-electron chi connectivity index (χ3n) is 3.32. The number of aromatic nitrogens is 2. The minimum Gasteiger partial charge on any atom is -0.341 e. The lowest BCUT2D eigenvalue weighted by atomic mass is 10.1. The molecule has 2 N–H and O–H groups in total. The standard InChI is InChI=1S/C13H22N4O3/c1-9(5-6-14)11(18)15(2)7-10-8-16(3)13(20)17(4)12(10)19/h8-9H,5-7,14H2,1-4H3. The van der Waals surface area contributed by atoms with Crippen LogP contribution in [0, 0.1) is 5.92 Å². The summed E-state index contributed by atoms with van der Waals surface area (Å²) >= 11 is 0. The molecule has 1 aromatic heterocycles. The molecule has 0 fully saturated rings. The number of hydrogen-bond acceptors (Lipinski definition) is 4. The fourth-order valence-electron chi connectivity index (χ4n) is 2.07. The number of nitrogens with zero attached hydrogens (tertiary/aromatic N) is 3. The van der Waals surface area contributed by atoms with Crippen molar-refractivity contribution in [1.29, 1.82) is 0 Å². The van der Waals surface area contributed by atoms with Gasteiger partial charge in [0.15, 0.2) is 0 Å². The molecule has 0 aromatic carbocycles. The first-order valence-corrected chi connectivity index (χ1v) is 6.50. The van der Waals surface area contributed by atoms with Crippen molar-refractivity contribution < 1.29 is 4.79 Å². The summed E-state index contributed by atoms with van der Waals surface area (Å²) in [7, 11) is 4.64. The zero-order valence-corrected chi connectivity index (χ0v) is 12.4. The molecule has 0 aliphatic carbocycles. The molecule has 0 aliphatic heterocycles. The molecule has 0 aliphatic rings. The van der Waals surface area contributed by atoms with Crippen LogP contribution < -0.4 is 17.0 Å². The van der Waals surface area contributed by atoms with Gasteiger partial charge >= 0.3 is 5.69 Å². The maximum Gasteiger partial charge on any atom is 0.330 e. The van der Waals surface area contributed by atoms with E-state index in [2.05, 4.69) is 0 Å². The van der Waals surface area contributed by atoms with E-state index in [-0.39, 0.29) is 29.6 Å². The number of hydrogen-bond donors (Lipinski definition) is 1. The van der Waals surface area contributed by atoms with Crippen LogP contribution in [0.5, 0.6) is 0 Å². The molecule has 7 nitrogen and oxygen atoms in total. The molecule has 1 unspecified atom stereocenters. The van der Waals surface area contributed by atoms with Gasteiger partial charge in [-0.1, -0.05) is 6.92 Å². The summed E-state index contributed by atoms with van der Waals surface area (Å²) in [6, 6.07) is 0. The van der Waals surface area contributed by atoms with E-state index in [0.29, 0.717) is 18.5 Å². The second kappa shape index (κ2) is 6.51. The Hall–Kier alpha value is -1.89. The molecule has 20 heavy (non-hydrogen) atoms. The van der Waals surface area contributed by atoms with Gasteiger partial charge in [-0.05, 0) is 13.0 Å². The molecule has 7 heteroatoms. The largest absolute Gasteiger partial charge is 0.341 e. The first-order chi connectivity index (χ1) is 9.29. The van der Waals surface area contributed by atoms with Crippen molar-refractivity contribution in [2.75, 3.05) is 13.6 Å². The van der Waals surface area contributed by atoms with Crippen LogP contribution in [0.2, 0.25) is 0 Å². The number of amides is 1. The Balaban J connectivity index is 2.97. The average Bonchev–Trinajstić information content (AvgIpc) is 2.41. The minimum atomic E-state index is -0.385. The highest BCUT2D eigenvalue weighted by Gasteiger charge is 2.18. The molecule has 1 atom stereocenters. The lowest BCUT2D eigenvalue weighted by molar-refractivity contribution is -0.134. The Morgan fingerprint density at radius 3 is 2.55 bits per heavy atom. The molecule has 0 saturated carbocycles. The Labute approximate surface area is 117 Å². The molecule has 0 radical (unpaired) electrons. The third-order valence-corrected chi connectivity index (χ3v) is 3.32. The van der Waals surface area contributed by atoms with Crippen LogP contribution in [-0.4, -0.2) is 33.5 Å². The molecule has 1 amide bonds. The van der Waals surface area contributed by atoms with Crippen LogP contribution in [-0.2, 0) is 25.4 Å². The van der Waals surface area contributed by atoms with Crippen LogP contribution in [0.15, 0.2) is 15.8 Å². The van der Waals surface area contributed by atoms with Gasteiger partial charge in [0.1, 0.15) is 0 Å². The van der Waals surface area contributed by atoms with Crippen LogP contribution in [0.1, 0.15) is 18.9 Å². The molecule has 112 valence electrons. The average molecular weight is 282 g/mol. The van der Waals surface area contributed by atoms with Gasteiger partial charge in [0, 0.05) is 33.3 Å². The highest BCUT2D eigenvalue weighted by molar-refractivity contribution is 5.78. The van der Waals surface area contributed by atoms with Gasteiger partial charge in [-0.3, -0.25) is 14.2 Å². The molecule has 0 saturated heterocycles. The van der Waals surface area contributed by atoms with Gasteiger partial charge in [-0.2, -0.15) is 0 Å². The van der Waals surface area contributed by atoms with E-state index in [1.807, 2.05) is 6.92 Å². The number of aryl methyl sites for hydroxylation is 1. The molecule has 1 aromatic rings. The molecular weight excluding hydrogens is 260 g/mol. The number of nitrogens with two attached hydrogens (primary N) is 1. The van der Waals surface area contributed by atoms with Crippen LogP contribution in [0.25, 0.3) is 0 Å². The van der Waals surface area contributed by atoms with E-state index in [0.717, 1.165) is 4.57 Å². The summed E-state index contributed by atoms with van der Waals surface area (Å²) < 4.78 is 2.37. The van der Waals surface area contributed by atoms with Gasteiger partial charge in [-0.25, -0.2) is 4.79 Å². The zero-order chi connectivity index (χ0) is 15.4. The fourth-order valence-corrected chi connectivity index (χ4v) is 2.07. The van der Waals surface area contributed by atoms with Crippen LogP contribution in [0.3, 0.4) is 0 Å². The van der Waals surface area contributed by atoms with Crippen molar-refractivity contribution in [2.24, 2.45) is 25.7 Å². The van der Waals surface area contributed by atoms with E-state index < -0.39 is 0 Å². The molecule has 0 spiro atoms. The first-order valence-electron chi connectivity index (χ1n) is 6.50. The van der Waals surface area contributed by atoms with Crippen molar-refractivity contribution in [3.63, 3.8) is 0 Å². The van der Waals surface area contributed by atoms with E-state index in [1.165, 1.54) is 22.7 Å². The van der Waals surface area contributed by atoms with Gasteiger partial charge in [0.25, 0.3) is 5.56 Å². The van der Waals surface area contributed by atoms with E-state index in [4.69, 9.17) is 5.73 Å². The number of carbonyl (C=O) groups is 1. The van der Waals surface area contributed by atoms with Crippen molar-refractivity contribution in [3.05, 3.63) is 32.6 Å². The summed E-state index contributed by atoms with van der Waals surface area (Å²) in [5.41, 5.74) is 5.09. The van der Waals surface area contributed by atoms with Gasteiger partial charge < -0.3 is 15.2 Å². The minimum absolute atomic E-state index is 0.0636. The van der Waals surface area contributed by atoms with Gasteiger partial charge in [-0.15, -0.1) is 0 Å².